The van der Waals surface area contributed by atoms with E-state index >= 15 is 0 Å². The molecule has 1 saturated carbocycles. The quantitative estimate of drug-likeness (QED) is 0.760. The molecule has 142 valence electrons. The van der Waals surface area contributed by atoms with Crippen LogP contribution >= 0.6 is 0 Å². The maximum atomic E-state index is 12.6. The maximum Gasteiger partial charge on any atom is 0.409 e. The molecule has 8 nitrogen and oxygen atoms in total. The van der Waals surface area contributed by atoms with Gasteiger partial charge in [0.05, 0.1) is 18.2 Å². The van der Waals surface area contributed by atoms with Gasteiger partial charge in [-0.3, -0.25) is 10.1 Å². The third-order valence-corrected chi connectivity index (χ3v) is 5.74. The van der Waals surface area contributed by atoms with Crippen molar-refractivity contribution in [1.29, 1.82) is 5.26 Å². The number of hydrogen-bond acceptors (Lipinski definition) is 6. The van der Waals surface area contributed by atoms with Crippen molar-refractivity contribution in [1.82, 2.24) is 15.1 Å². The summed E-state index contributed by atoms with van der Waals surface area (Å²) in [5.41, 5.74) is -0.600. The zero-order valence-electron chi connectivity index (χ0n) is 15.5. The lowest BCUT2D eigenvalue weighted by Crippen LogP contribution is -2.61. The van der Waals surface area contributed by atoms with Crippen molar-refractivity contribution < 1.29 is 14.3 Å². The van der Waals surface area contributed by atoms with E-state index < -0.39 is 11.5 Å². The van der Waals surface area contributed by atoms with Crippen LogP contribution in [0, 0.1) is 23.2 Å². The van der Waals surface area contributed by atoms with Crippen LogP contribution in [-0.4, -0.2) is 66.1 Å². The number of nitriles is 1. The van der Waals surface area contributed by atoms with E-state index in [1.54, 1.807) is 11.8 Å². The zero-order valence-corrected chi connectivity index (χ0v) is 15.5. The molecule has 2 fully saturated rings. The largest absolute Gasteiger partial charge is 0.450 e. The molecule has 3 aliphatic rings. The number of hydrogen-bond donors (Lipinski definition) is 1. The Labute approximate surface area is 154 Å². The van der Waals surface area contributed by atoms with Gasteiger partial charge in [0.2, 0.25) is 11.9 Å². The summed E-state index contributed by atoms with van der Waals surface area (Å²) < 4.78 is 5.04. The number of nitrogens with zero attached hydrogens (tertiary/aromatic N) is 4. The molecule has 0 radical (unpaired) electrons. The number of ether oxygens (including phenoxy) is 1. The van der Waals surface area contributed by atoms with Gasteiger partial charge in [0, 0.05) is 26.2 Å². The molecule has 2 amide bonds. The fourth-order valence-electron chi connectivity index (χ4n) is 4.04. The van der Waals surface area contributed by atoms with Crippen molar-refractivity contribution in [3.05, 3.63) is 0 Å². The van der Waals surface area contributed by atoms with Crippen molar-refractivity contribution in [3.63, 3.8) is 0 Å². The lowest BCUT2D eigenvalue weighted by Gasteiger charge is -2.44. The highest BCUT2D eigenvalue weighted by atomic mass is 16.6. The molecule has 1 N–H and O–H groups in total. The predicted octanol–water partition coefficient (Wildman–Crippen LogP) is 1.33. The van der Waals surface area contributed by atoms with E-state index in [1.165, 1.54) is 0 Å². The monoisotopic (exact) mass is 361 g/mol. The Balaban J connectivity index is 1.74. The van der Waals surface area contributed by atoms with Crippen LogP contribution < -0.4 is 5.32 Å². The van der Waals surface area contributed by atoms with Gasteiger partial charge in [-0.2, -0.15) is 5.26 Å². The van der Waals surface area contributed by atoms with Gasteiger partial charge >= 0.3 is 6.09 Å². The standard InChI is InChI=1S/C18H27N5O3/c1-3-26-17(25)23-10-8-22(9-11-23)16-20-15(24)14(12-19)18(21-16)6-4-13(2)5-7-18/h13-14H,3-11H2,1-2H3,(H,20,21,24)/t13?,14-,18?/m1/s1. The summed E-state index contributed by atoms with van der Waals surface area (Å²) in [6.45, 7) is 6.58. The van der Waals surface area contributed by atoms with Crippen LogP contribution in [-0.2, 0) is 9.53 Å². The number of carbonyl (C=O) groups is 2. The highest BCUT2D eigenvalue weighted by Gasteiger charge is 2.49. The third-order valence-electron chi connectivity index (χ3n) is 5.74. The molecule has 2 heterocycles. The first-order valence-electron chi connectivity index (χ1n) is 9.46. The number of amides is 2. The second-order valence-corrected chi connectivity index (χ2v) is 7.45. The van der Waals surface area contributed by atoms with Gasteiger partial charge in [-0.25, -0.2) is 9.79 Å². The molecule has 1 saturated heterocycles. The molecule has 0 aromatic heterocycles. The van der Waals surface area contributed by atoms with Gasteiger partial charge < -0.3 is 14.5 Å². The molecular formula is C18H27N5O3. The molecular weight excluding hydrogens is 334 g/mol. The topological polar surface area (TPSA) is 98.0 Å². The second-order valence-electron chi connectivity index (χ2n) is 7.45. The minimum atomic E-state index is -0.723. The Morgan fingerprint density at radius 3 is 2.58 bits per heavy atom. The van der Waals surface area contributed by atoms with E-state index in [4.69, 9.17) is 9.73 Å². The van der Waals surface area contributed by atoms with Gasteiger partial charge in [-0.1, -0.05) is 6.92 Å². The van der Waals surface area contributed by atoms with Crippen LogP contribution in [0.15, 0.2) is 4.99 Å². The van der Waals surface area contributed by atoms with E-state index in [9.17, 15) is 14.9 Å². The number of rotatable bonds is 1. The molecule has 0 aromatic rings. The fraction of sp³-hybridized carbons (Fsp3) is 0.778. The van der Waals surface area contributed by atoms with Crippen molar-refractivity contribution in [2.24, 2.45) is 16.8 Å². The Morgan fingerprint density at radius 1 is 1.35 bits per heavy atom. The summed E-state index contributed by atoms with van der Waals surface area (Å²) in [5, 5.41) is 12.4. The Morgan fingerprint density at radius 2 is 2.00 bits per heavy atom. The van der Waals surface area contributed by atoms with E-state index in [1.807, 2.05) is 4.90 Å². The summed E-state index contributed by atoms with van der Waals surface area (Å²) >= 11 is 0. The molecule has 3 rings (SSSR count). The third kappa shape index (κ3) is 3.48. The van der Waals surface area contributed by atoms with Crippen molar-refractivity contribution in [3.8, 4) is 6.07 Å². The van der Waals surface area contributed by atoms with E-state index in [0.29, 0.717) is 44.7 Å². The molecule has 26 heavy (non-hydrogen) atoms. The van der Waals surface area contributed by atoms with Crippen LogP contribution in [0.25, 0.3) is 0 Å². The molecule has 1 aliphatic carbocycles. The zero-order chi connectivity index (χ0) is 18.7. The van der Waals surface area contributed by atoms with Gasteiger partial charge in [0.1, 0.15) is 0 Å². The highest BCUT2D eigenvalue weighted by Crippen LogP contribution is 2.41. The van der Waals surface area contributed by atoms with Gasteiger partial charge in [-0.05, 0) is 38.5 Å². The van der Waals surface area contributed by atoms with Crippen molar-refractivity contribution in [2.75, 3.05) is 32.8 Å². The second kappa shape index (κ2) is 7.52. The molecule has 0 aromatic carbocycles. The number of guanidine groups is 1. The van der Waals surface area contributed by atoms with Gasteiger partial charge in [-0.15, -0.1) is 0 Å². The lowest BCUT2D eigenvalue weighted by molar-refractivity contribution is -0.125. The summed E-state index contributed by atoms with van der Waals surface area (Å²) in [5.74, 6) is 0.190. The normalized spacial score (nSPS) is 31.9. The van der Waals surface area contributed by atoms with Gasteiger partial charge in [0.25, 0.3) is 0 Å². The molecule has 2 aliphatic heterocycles. The van der Waals surface area contributed by atoms with Crippen LogP contribution in [0.2, 0.25) is 0 Å². The molecule has 1 spiro atoms. The number of carbonyl (C=O) groups excluding carboxylic acids is 2. The molecule has 0 unspecified atom stereocenters. The predicted molar refractivity (Wildman–Crippen MR) is 95.2 cm³/mol. The van der Waals surface area contributed by atoms with E-state index in [2.05, 4.69) is 18.3 Å². The number of aliphatic imine (C=N–C) groups is 1. The first-order valence-corrected chi connectivity index (χ1v) is 9.46. The van der Waals surface area contributed by atoms with Gasteiger partial charge in [0.15, 0.2) is 5.92 Å². The van der Waals surface area contributed by atoms with E-state index in [0.717, 1.165) is 25.7 Å². The smallest absolute Gasteiger partial charge is 0.409 e. The summed E-state index contributed by atoms with van der Waals surface area (Å²) in [4.78, 5) is 33.0. The van der Waals surface area contributed by atoms with Crippen LogP contribution in [0.1, 0.15) is 39.5 Å². The molecule has 8 heteroatoms. The van der Waals surface area contributed by atoms with Crippen LogP contribution in [0.5, 0.6) is 0 Å². The summed E-state index contributed by atoms with van der Waals surface area (Å²) in [7, 11) is 0. The average molecular weight is 361 g/mol. The molecule has 0 bridgehead atoms. The fourth-order valence-corrected chi connectivity index (χ4v) is 4.04. The first-order chi connectivity index (χ1) is 12.5. The molecule has 1 atom stereocenters. The lowest BCUT2D eigenvalue weighted by atomic mass is 9.70. The summed E-state index contributed by atoms with van der Waals surface area (Å²) in [6.07, 6.45) is 3.21. The summed E-state index contributed by atoms with van der Waals surface area (Å²) in [6, 6.07) is 2.18. The minimum absolute atomic E-state index is 0.250. The van der Waals surface area contributed by atoms with E-state index in [-0.39, 0.29) is 12.0 Å². The van der Waals surface area contributed by atoms with Crippen molar-refractivity contribution >= 4 is 18.0 Å². The van der Waals surface area contributed by atoms with Crippen LogP contribution in [0.4, 0.5) is 4.79 Å². The Hall–Kier alpha value is -2.30. The Kier molecular flexibility index (Phi) is 5.35. The SMILES string of the molecule is CCOC(=O)N1CCN(C2=NC3(CCC(C)CC3)[C@H](C#N)C(=O)N2)CC1. The van der Waals surface area contributed by atoms with Crippen LogP contribution in [0.3, 0.4) is 0 Å². The highest BCUT2D eigenvalue weighted by molar-refractivity contribution is 6.02. The first kappa shape index (κ1) is 18.5. The Bertz CT molecular complexity index is 625. The maximum absolute atomic E-state index is 12.6. The van der Waals surface area contributed by atoms with Crippen molar-refractivity contribution in [2.45, 2.75) is 45.1 Å². The number of piperazine rings is 1. The average Bonchev–Trinajstić information content (AvgIpc) is 2.64. The minimum Gasteiger partial charge on any atom is -0.450 e. The number of nitrogens with one attached hydrogen (secondary N) is 1.